The maximum absolute atomic E-state index is 12.6. The number of anilines is 1. The summed E-state index contributed by atoms with van der Waals surface area (Å²) in [4.78, 5) is 17.0. The molecule has 0 radical (unpaired) electrons. The predicted octanol–water partition coefficient (Wildman–Crippen LogP) is 3.17. The molecule has 1 N–H and O–H groups in total. The van der Waals surface area contributed by atoms with E-state index >= 15 is 0 Å². The van der Waals surface area contributed by atoms with Gasteiger partial charge in [-0.2, -0.15) is 0 Å². The fraction of sp³-hybridized carbons (Fsp3) is 0.450. The topological polar surface area (TPSA) is 44.8 Å². The van der Waals surface area contributed by atoms with E-state index in [1.807, 2.05) is 35.2 Å². The molecule has 4 rings (SSSR count). The molecule has 25 heavy (non-hydrogen) atoms. The van der Waals surface area contributed by atoms with Gasteiger partial charge in [-0.05, 0) is 24.3 Å². The average Bonchev–Trinajstić information content (AvgIpc) is 3.16. The molecule has 132 valence electrons. The minimum atomic E-state index is -0.00637. The normalized spacial score (nSPS) is 21.6. The minimum Gasteiger partial charge on any atom is -0.377 e. The van der Waals surface area contributed by atoms with Crippen LogP contribution in [0.15, 0.2) is 42.5 Å². The third-order valence-electron chi connectivity index (χ3n) is 5.18. The lowest BCUT2D eigenvalue weighted by Gasteiger charge is -2.35. The summed E-state index contributed by atoms with van der Waals surface area (Å²) in [5.41, 5.74) is 0.880. The summed E-state index contributed by atoms with van der Waals surface area (Å²) < 4.78 is 5.72. The van der Waals surface area contributed by atoms with Crippen LogP contribution >= 0.6 is 0 Å². The number of nitrogens with one attached hydrogen (secondary N) is 1. The van der Waals surface area contributed by atoms with Gasteiger partial charge < -0.3 is 15.0 Å². The van der Waals surface area contributed by atoms with Crippen LogP contribution < -0.4 is 5.32 Å². The monoisotopic (exact) mass is 339 g/mol. The summed E-state index contributed by atoms with van der Waals surface area (Å²) in [6, 6.07) is 14.1. The van der Waals surface area contributed by atoms with E-state index in [2.05, 4.69) is 22.3 Å². The van der Waals surface area contributed by atoms with Crippen molar-refractivity contribution >= 4 is 22.5 Å². The molecule has 1 atom stereocenters. The van der Waals surface area contributed by atoms with E-state index in [0.29, 0.717) is 6.10 Å². The van der Waals surface area contributed by atoms with Crippen LogP contribution in [0.4, 0.5) is 10.5 Å². The van der Waals surface area contributed by atoms with Gasteiger partial charge in [0.15, 0.2) is 0 Å². The van der Waals surface area contributed by atoms with Crippen molar-refractivity contribution in [2.45, 2.75) is 18.9 Å². The highest BCUT2D eigenvalue weighted by Gasteiger charge is 2.25. The van der Waals surface area contributed by atoms with Crippen LogP contribution in [0.2, 0.25) is 0 Å². The molecule has 2 aliphatic heterocycles. The molecule has 0 bridgehead atoms. The Bertz CT molecular complexity index is 729. The summed E-state index contributed by atoms with van der Waals surface area (Å²) in [7, 11) is 0. The summed E-state index contributed by atoms with van der Waals surface area (Å²) in [6.45, 7) is 5.27. The van der Waals surface area contributed by atoms with E-state index in [9.17, 15) is 4.79 Å². The van der Waals surface area contributed by atoms with Crippen LogP contribution in [0.3, 0.4) is 0 Å². The lowest BCUT2D eigenvalue weighted by atomic mass is 10.1. The summed E-state index contributed by atoms with van der Waals surface area (Å²) in [5, 5.41) is 5.31. The molecule has 2 aromatic rings. The van der Waals surface area contributed by atoms with Crippen molar-refractivity contribution in [1.82, 2.24) is 9.80 Å². The van der Waals surface area contributed by atoms with Gasteiger partial charge >= 0.3 is 6.03 Å². The van der Waals surface area contributed by atoms with Gasteiger partial charge in [0.25, 0.3) is 0 Å². The SMILES string of the molecule is O=C(Nc1cccc2ccccc12)N1CCN(CC2CCCO2)CC1. The molecule has 2 fully saturated rings. The van der Waals surface area contributed by atoms with Crippen molar-refractivity contribution in [3.63, 3.8) is 0 Å². The Kier molecular flexibility index (Phi) is 4.85. The smallest absolute Gasteiger partial charge is 0.321 e. The highest BCUT2D eigenvalue weighted by molar-refractivity contribution is 6.01. The van der Waals surface area contributed by atoms with Gasteiger partial charge in [0.05, 0.1) is 11.8 Å². The van der Waals surface area contributed by atoms with Crippen LogP contribution in [-0.2, 0) is 4.74 Å². The van der Waals surface area contributed by atoms with Gasteiger partial charge in [0.2, 0.25) is 0 Å². The number of carbonyl (C=O) groups is 1. The van der Waals surface area contributed by atoms with Crippen LogP contribution in [0.5, 0.6) is 0 Å². The zero-order valence-corrected chi connectivity index (χ0v) is 14.5. The van der Waals surface area contributed by atoms with Gasteiger partial charge in [0, 0.05) is 44.7 Å². The van der Waals surface area contributed by atoms with E-state index in [1.165, 1.54) is 12.8 Å². The Morgan fingerprint density at radius 3 is 2.68 bits per heavy atom. The van der Waals surface area contributed by atoms with Crippen molar-refractivity contribution in [2.24, 2.45) is 0 Å². The number of hydrogen-bond acceptors (Lipinski definition) is 3. The van der Waals surface area contributed by atoms with Crippen LogP contribution in [-0.4, -0.2) is 61.3 Å². The number of hydrogen-bond donors (Lipinski definition) is 1. The third-order valence-corrected chi connectivity index (χ3v) is 5.18. The molecule has 1 unspecified atom stereocenters. The number of fused-ring (bicyclic) bond motifs is 1. The van der Waals surface area contributed by atoms with Gasteiger partial charge in [-0.15, -0.1) is 0 Å². The number of rotatable bonds is 3. The highest BCUT2D eigenvalue weighted by Crippen LogP contribution is 2.23. The predicted molar refractivity (Wildman–Crippen MR) is 100.0 cm³/mol. The summed E-state index contributed by atoms with van der Waals surface area (Å²) in [6.07, 6.45) is 2.73. The Balaban J connectivity index is 1.34. The van der Waals surface area contributed by atoms with Gasteiger partial charge in [-0.25, -0.2) is 4.79 Å². The Morgan fingerprint density at radius 1 is 1.08 bits per heavy atom. The number of ether oxygens (including phenoxy) is 1. The second-order valence-corrected chi connectivity index (χ2v) is 6.88. The second kappa shape index (κ2) is 7.42. The molecular weight excluding hydrogens is 314 g/mol. The fourth-order valence-electron chi connectivity index (χ4n) is 3.74. The van der Waals surface area contributed by atoms with Crippen molar-refractivity contribution in [1.29, 1.82) is 0 Å². The Labute approximate surface area is 148 Å². The van der Waals surface area contributed by atoms with Crippen LogP contribution in [0.25, 0.3) is 10.8 Å². The molecule has 2 aliphatic rings. The standard InChI is InChI=1S/C20H25N3O2/c24-20(21-19-9-3-6-16-5-1-2-8-18(16)19)23-12-10-22(11-13-23)15-17-7-4-14-25-17/h1-3,5-6,8-9,17H,4,7,10-15H2,(H,21,24). The molecule has 0 spiro atoms. The number of nitrogens with zero attached hydrogens (tertiary/aromatic N) is 2. The summed E-state index contributed by atoms with van der Waals surface area (Å²) in [5.74, 6) is 0. The summed E-state index contributed by atoms with van der Waals surface area (Å²) >= 11 is 0. The van der Waals surface area contributed by atoms with Crippen molar-refractivity contribution in [3.8, 4) is 0 Å². The number of amides is 2. The van der Waals surface area contributed by atoms with Gasteiger partial charge in [-0.3, -0.25) is 4.90 Å². The molecule has 5 nitrogen and oxygen atoms in total. The molecular formula is C20H25N3O2. The quantitative estimate of drug-likeness (QED) is 0.934. The Morgan fingerprint density at radius 2 is 1.88 bits per heavy atom. The molecule has 2 saturated heterocycles. The van der Waals surface area contributed by atoms with E-state index < -0.39 is 0 Å². The average molecular weight is 339 g/mol. The fourth-order valence-corrected chi connectivity index (χ4v) is 3.74. The van der Waals surface area contributed by atoms with Gasteiger partial charge in [-0.1, -0.05) is 36.4 Å². The van der Waals surface area contributed by atoms with Gasteiger partial charge in [0.1, 0.15) is 0 Å². The first-order valence-electron chi connectivity index (χ1n) is 9.17. The molecule has 0 aromatic heterocycles. The number of carbonyl (C=O) groups excluding carboxylic acids is 1. The molecule has 0 saturated carbocycles. The van der Waals surface area contributed by atoms with Crippen molar-refractivity contribution in [2.75, 3.05) is 44.6 Å². The Hall–Kier alpha value is -2.11. The van der Waals surface area contributed by atoms with Crippen molar-refractivity contribution < 1.29 is 9.53 Å². The van der Waals surface area contributed by atoms with E-state index in [4.69, 9.17) is 4.74 Å². The first kappa shape index (κ1) is 16.4. The van der Waals surface area contributed by atoms with Crippen LogP contribution in [0, 0.1) is 0 Å². The molecule has 0 aliphatic carbocycles. The zero-order chi connectivity index (χ0) is 17.1. The number of urea groups is 1. The van der Waals surface area contributed by atoms with E-state index in [-0.39, 0.29) is 6.03 Å². The zero-order valence-electron chi connectivity index (χ0n) is 14.5. The highest BCUT2D eigenvalue weighted by atomic mass is 16.5. The molecule has 2 heterocycles. The maximum Gasteiger partial charge on any atom is 0.321 e. The lowest BCUT2D eigenvalue weighted by Crippen LogP contribution is -2.51. The largest absolute Gasteiger partial charge is 0.377 e. The van der Waals surface area contributed by atoms with Crippen LogP contribution in [0.1, 0.15) is 12.8 Å². The lowest BCUT2D eigenvalue weighted by molar-refractivity contribution is 0.0572. The first-order valence-corrected chi connectivity index (χ1v) is 9.17. The molecule has 2 amide bonds. The minimum absolute atomic E-state index is 0.00637. The number of piperazine rings is 1. The molecule has 2 aromatic carbocycles. The third kappa shape index (κ3) is 3.78. The maximum atomic E-state index is 12.6. The molecule has 5 heteroatoms. The van der Waals surface area contributed by atoms with E-state index in [1.54, 1.807) is 0 Å². The van der Waals surface area contributed by atoms with E-state index in [0.717, 1.165) is 55.8 Å². The van der Waals surface area contributed by atoms with Crippen molar-refractivity contribution in [3.05, 3.63) is 42.5 Å². The number of benzene rings is 2. The second-order valence-electron chi connectivity index (χ2n) is 6.88. The first-order chi connectivity index (χ1) is 12.3.